The number of piperidine rings is 1. The van der Waals surface area contributed by atoms with Gasteiger partial charge in [0.15, 0.2) is 0 Å². The Balaban J connectivity index is 2.37. The molecule has 0 spiro atoms. The molecule has 13 heavy (non-hydrogen) atoms. The van der Waals surface area contributed by atoms with Gasteiger partial charge in [0.25, 0.3) is 0 Å². The van der Waals surface area contributed by atoms with E-state index in [9.17, 15) is 0 Å². The molecule has 0 atom stereocenters. The molecular formula is C11H24BN. The van der Waals surface area contributed by atoms with Crippen LogP contribution in [0, 0.1) is 5.92 Å². The molecule has 1 saturated heterocycles. The summed E-state index contributed by atoms with van der Waals surface area (Å²) in [5.74, 6) is 0.787. The summed E-state index contributed by atoms with van der Waals surface area (Å²) in [6, 6.07) is 0. The lowest BCUT2D eigenvalue weighted by molar-refractivity contribution is 0.335. The van der Waals surface area contributed by atoms with Crippen molar-refractivity contribution in [3.05, 3.63) is 0 Å². The maximum absolute atomic E-state index is 2.64. The molecule has 0 aromatic rings. The average molecular weight is 181 g/mol. The Morgan fingerprint density at radius 1 is 1.08 bits per heavy atom. The molecule has 0 saturated carbocycles. The second kappa shape index (κ2) is 4.50. The fourth-order valence-corrected chi connectivity index (χ4v) is 1.88. The van der Waals surface area contributed by atoms with Crippen LogP contribution in [0.3, 0.4) is 0 Å². The highest BCUT2D eigenvalue weighted by molar-refractivity contribution is 6.36. The number of hydrogen-bond acceptors (Lipinski definition) is 1. The van der Waals surface area contributed by atoms with Crippen molar-refractivity contribution in [1.82, 2.24) is 4.81 Å². The van der Waals surface area contributed by atoms with E-state index in [1.165, 1.54) is 39.8 Å². The lowest BCUT2D eigenvalue weighted by atomic mass is 9.55. The Morgan fingerprint density at radius 2 is 1.62 bits per heavy atom. The second-order valence-electron chi connectivity index (χ2n) is 5.48. The Bertz CT molecular complexity index is 148. The normalized spacial score (nSPS) is 20.7. The van der Waals surface area contributed by atoms with E-state index in [0.717, 1.165) is 5.92 Å². The van der Waals surface area contributed by atoms with Crippen molar-refractivity contribution in [2.24, 2.45) is 5.92 Å². The van der Waals surface area contributed by atoms with Crippen LogP contribution in [0.1, 0.15) is 47.0 Å². The van der Waals surface area contributed by atoms with Crippen LogP contribution < -0.4 is 0 Å². The molecule has 0 radical (unpaired) electrons. The van der Waals surface area contributed by atoms with Crippen molar-refractivity contribution in [3.8, 4) is 0 Å². The largest absolute Gasteiger partial charge is 0.345 e. The monoisotopic (exact) mass is 181 g/mol. The standard InChI is InChI=1S/C11H24BN/c1-10(2)11(3,4)12-13-8-6-5-7-9-13/h10,12H,5-9H2,1-4H3. The Hall–Kier alpha value is 0.0249. The van der Waals surface area contributed by atoms with Gasteiger partial charge in [-0.2, -0.15) is 0 Å². The molecule has 0 bridgehead atoms. The molecule has 2 heteroatoms. The molecule has 0 amide bonds. The van der Waals surface area contributed by atoms with Crippen LogP contribution in [-0.4, -0.2) is 25.3 Å². The van der Waals surface area contributed by atoms with Gasteiger partial charge >= 0.3 is 0 Å². The number of nitrogens with zero attached hydrogens (tertiary/aromatic N) is 1. The van der Waals surface area contributed by atoms with Gasteiger partial charge < -0.3 is 4.81 Å². The highest BCUT2D eigenvalue weighted by atomic mass is 15.0. The fraction of sp³-hybridized carbons (Fsp3) is 1.00. The molecule has 0 N–H and O–H groups in total. The van der Waals surface area contributed by atoms with E-state index in [2.05, 4.69) is 32.5 Å². The molecule has 0 aromatic carbocycles. The molecule has 0 aromatic heterocycles. The predicted octanol–water partition coefficient (Wildman–Crippen LogP) is 2.68. The highest BCUT2D eigenvalue weighted by Crippen LogP contribution is 2.33. The van der Waals surface area contributed by atoms with Crippen LogP contribution >= 0.6 is 0 Å². The Kier molecular flexibility index (Phi) is 3.84. The zero-order valence-corrected chi connectivity index (χ0v) is 9.77. The fourth-order valence-electron chi connectivity index (χ4n) is 1.88. The molecule has 76 valence electrons. The first kappa shape index (κ1) is 11.1. The first-order valence-corrected chi connectivity index (χ1v) is 5.75. The molecule has 0 aliphatic carbocycles. The summed E-state index contributed by atoms with van der Waals surface area (Å²) in [5.41, 5.74) is 0. The maximum Gasteiger partial charge on any atom is 0.210 e. The summed E-state index contributed by atoms with van der Waals surface area (Å²) in [4.78, 5) is 2.64. The SMILES string of the molecule is CC(C)C(C)(C)BN1CCCCC1. The van der Waals surface area contributed by atoms with E-state index >= 15 is 0 Å². The van der Waals surface area contributed by atoms with Crippen molar-refractivity contribution >= 4 is 7.41 Å². The summed E-state index contributed by atoms with van der Waals surface area (Å²) >= 11 is 0. The third-order valence-electron chi connectivity index (χ3n) is 3.64. The molecular weight excluding hydrogens is 157 g/mol. The number of rotatable bonds is 3. The quantitative estimate of drug-likeness (QED) is 0.605. The first-order valence-electron chi connectivity index (χ1n) is 5.75. The average Bonchev–Trinajstić information content (AvgIpc) is 2.05. The topological polar surface area (TPSA) is 3.24 Å². The maximum atomic E-state index is 2.64. The third-order valence-corrected chi connectivity index (χ3v) is 3.64. The first-order chi connectivity index (χ1) is 6.02. The van der Waals surface area contributed by atoms with Gasteiger partial charge in [-0.3, -0.25) is 0 Å². The van der Waals surface area contributed by atoms with Crippen LogP contribution in [0.5, 0.6) is 0 Å². The zero-order chi connectivity index (χ0) is 9.90. The third kappa shape index (κ3) is 3.34. The minimum absolute atomic E-state index is 0.483. The van der Waals surface area contributed by atoms with Gasteiger partial charge in [0.2, 0.25) is 7.41 Å². The summed E-state index contributed by atoms with van der Waals surface area (Å²) in [6.45, 7) is 12.1. The van der Waals surface area contributed by atoms with E-state index in [-0.39, 0.29) is 0 Å². The summed E-state index contributed by atoms with van der Waals surface area (Å²) < 4.78 is 0. The van der Waals surface area contributed by atoms with E-state index in [4.69, 9.17) is 0 Å². The van der Waals surface area contributed by atoms with Crippen molar-refractivity contribution < 1.29 is 0 Å². The van der Waals surface area contributed by atoms with Gasteiger partial charge in [-0.05, 0) is 37.2 Å². The summed E-state index contributed by atoms with van der Waals surface area (Å²) in [7, 11) is 1.28. The van der Waals surface area contributed by atoms with Crippen LogP contribution in [0.15, 0.2) is 0 Å². The van der Waals surface area contributed by atoms with E-state index < -0.39 is 0 Å². The van der Waals surface area contributed by atoms with Crippen molar-refractivity contribution in [3.63, 3.8) is 0 Å². The van der Waals surface area contributed by atoms with Crippen LogP contribution in [0.2, 0.25) is 5.31 Å². The van der Waals surface area contributed by atoms with E-state index in [1.807, 2.05) is 0 Å². The van der Waals surface area contributed by atoms with Crippen molar-refractivity contribution in [2.45, 2.75) is 52.3 Å². The van der Waals surface area contributed by atoms with Gasteiger partial charge in [0, 0.05) is 0 Å². The van der Waals surface area contributed by atoms with Crippen molar-refractivity contribution in [1.29, 1.82) is 0 Å². The molecule has 1 aliphatic heterocycles. The van der Waals surface area contributed by atoms with Gasteiger partial charge in [-0.15, -0.1) is 0 Å². The zero-order valence-electron chi connectivity index (χ0n) is 9.77. The van der Waals surface area contributed by atoms with Gasteiger partial charge in [-0.1, -0.05) is 34.1 Å². The Morgan fingerprint density at radius 3 is 2.08 bits per heavy atom. The van der Waals surface area contributed by atoms with Crippen molar-refractivity contribution in [2.75, 3.05) is 13.1 Å². The Labute approximate surface area is 84.2 Å². The second-order valence-corrected chi connectivity index (χ2v) is 5.48. The van der Waals surface area contributed by atoms with Gasteiger partial charge in [0.05, 0.1) is 0 Å². The molecule has 0 unspecified atom stereocenters. The molecule has 1 nitrogen and oxygen atoms in total. The summed E-state index contributed by atoms with van der Waals surface area (Å²) in [6.07, 6.45) is 4.26. The minimum Gasteiger partial charge on any atom is -0.345 e. The minimum atomic E-state index is 0.483. The highest BCUT2D eigenvalue weighted by Gasteiger charge is 2.27. The van der Waals surface area contributed by atoms with Gasteiger partial charge in [-0.25, -0.2) is 0 Å². The molecule has 1 aliphatic rings. The van der Waals surface area contributed by atoms with Crippen LogP contribution in [0.4, 0.5) is 0 Å². The van der Waals surface area contributed by atoms with Crippen LogP contribution in [-0.2, 0) is 0 Å². The summed E-state index contributed by atoms with van der Waals surface area (Å²) in [5, 5.41) is 0.483. The van der Waals surface area contributed by atoms with E-state index in [1.54, 1.807) is 0 Å². The van der Waals surface area contributed by atoms with Gasteiger partial charge in [0.1, 0.15) is 0 Å². The molecule has 1 fully saturated rings. The molecule has 1 heterocycles. The number of hydrogen-bond donors (Lipinski definition) is 0. The lowest BCUT2D eigenvalue weighted by Gasteiger charge is -2.36. The smallest absolute Gasteiger partial charge is 0.210 e. The predicted molar refractivity (Wildman–Crippen MR) is 61.5 cm³/mol. The molecule has 1 rings (SSSR count). The lowest BCUT2D eigenvalue weighted by Crippen LogP contribution is -2.39. The van der Waals surface area contributed by atoms with E-state index in [0.29, 0.717) is 5.31 Å². The van der Waals surface area contributed by atoms with Crippen LogP contribution in [0.25, 0.3) is 0 Å².